The molecular formula is C25H25ClN2O5. The first-order chi connectivity index (χ1) is 15.8. The minimum atomic E-state index is -1.12. The van der Waals surface area contributed by atoms with Crippen LogP contribution in [0.25, 0.3) is 0 Å². The van der Waals surface area contributed by atoms with E-state index in [4.69, 9.17) is 16.3 Å². The third kappa shape index (κ3) is 7.61. The standard InChI is InChI=1S/C25H25ClN2O5/c1-16(29)28-21-12-19(25(31)32)13-23(14-21)33-22-7-2-4-17(10-22)8-9-27-15-24(30)18-5-3-6-20(26)11-18/h2-7,10-14,24,27,30H,8-9,15H2,1H3,(H,28,29)(H,31,32)/t24-/m0/s1. The monoisotopic (exact) mass is 468 g/mol. The van der Waals surface area contributed by atoms with Gasteiger partial charge in [0.05, 0.1) is 11.7 Å². The highest BCUT2D eigenvalue weighted by Gasteiger charge is 2.10. The van der Waals surface area contributed by atoms with Crippen LogP contribution in [0.4, 0.5) is 5.69 Å². The molecule has 3 aromatic rings. The summed E-state index contributed by atoms with van der Waals surface area (Å²) in [4.78, 5) is 22.7. The number of aromatic carboxylic acids is 1. The number of anilines is 1. The molecule has 0 heterocycles. The van der Waals surface area contributed by atoms with Crippen molar-refractivity contribution >= 4 is 29.2 Å². The highest BCUT2D eigenvalue weighted by Crippen LogP contribution is 2.27. The van der Waals surface area contributed by atoms with Gasteiger partial charge in [-0.25, -0.2) is 4.79 Å². The molecule has 172 valence electrons. The number of halogens is 1. The lowest BCUT2D eigenvalue weighted by Crippen LogP contribution is -2.23. The molecule has 0 spiro atoms. The molecule has 0 aromatic heterocycles. The van der Waals surface area contributed by atoms with E-state index < -0.39 is 12.1 Å². The van der Waals surface area contributed by atoms with Crippen LogP contribution in [0.3, 0.4) is 0 Å². The fourth-order valence-electron chi connectivity index (χ4n) is 3.26. The molecule has 3 rings (SSSR count). The first-order valence-corrected chi connectivity index (χ1v) is 10.7. The molecule has 0 aliphatic rings. The zero-order valence-corrected chi connectivity index (χ0v) is 18.8. The van der Waals surface area contributed by atoms with E-state index in [0.717, 1.165) is 11.1 Å². The number of hydrogen-bond donors (Lipinski definition) is 4. The van der Waals surface area contributed by atoms with Gasteiger partial charge in [-0.3, -0.25) is 4.79 Å². The Hall–Kier alpha value is -3.39. The summed E-state index contributed by atoms with van der Waals surface area (Å²) in [7, 11) is 0. The molecule has 0 aliphatic carbocycles. The smallest absolute Gasteiger partial charge is 0.335 e. The molecule has 8 heteroatoms. The second-order valence-electron chi connectivity index (χ2n) is 7.51. The van der Waals surface area contributed by atoms with E-state index in [0.29, 0.717) is 41.7 Å². The van der Waals surface area contributed by atoms with E-state index >= 15 is 0 Å². The molecule has 0 radical (unpaired) electrons. The molecule has 0 aliphatic heterocycles. The van der Waals surface area contributed by atoms with E-state index in [1.807, 2.05) is 24.3 Å². The van der Waals surface area contributed by atoms with Gasteiger partial charge in [0.2, 0.25) is 5.91 Å². The lowest BCUT2D eigenvalue weighted by molar-refractivity contribution is -0.114. The van der Waals surface area contributed by atoms with Gasteiger partial charge in [-0.2, -0.15) is 0 Å². The van der Waals surface area contributed by atoms with Gasteiger partial charge >= 0.3 is 5.97 Å². The number of ether oxygens (including phenoxy) is 1. The number of benzene rings is 3. The number of hydrogen-bond acceptors (Lipinski definition) is 5. The van der Waals surface area contributed by atoms with Crippen LogP contribution < -0.4 is 15.4 Å². The van der Waals surface area contributed by atoms with Crippen molar-refractivity contribution in [2.24, 2.45) is 0 Å². The highest BCUT2D eigenvalue weighted by molar-refractivity contribution is 6.30. The summed E-state index contributed by atoms with van der Waals surface area (Å²) in [6, 6.07) is 18.9. The summed E-state index contributed by atoms with van der Waals surface area (Å²) in [5.74, 6) is -0.577. The summed E-state index contributed by atoms with van der Waals surface area (Å²) in [6.07, 6.45) is 0.0453. The topological polar surface area (TPSA) is 108 Å². The van der Waals surface area contributed by atoms with Crippen molar-refractivity contribution in [2.75, 3.05) is 18.4 Å². The third-order valence-corrected chi connectivity index (χ3v) is 5.00. The Kier molecular flexibility index (Phi) is 8.43. The Morgan fingerprint density at radius 2 is 1.82 bits per heavy atom. The van der Waals surface area contributed by atoms with Gasteiger partial charge in [0.25, 0.3) is 0 Å². The maximum absolute atomic E-state index is 11.4. The number of aliphatic hydroxyl groups is 1. The number of carboxylic acid groups (broad SMARTS) is 1. The van der Waals surface area contributed by atoms with Gasteiger partial charge in [-0.1, -0.05) is 35.9 Å². The second-order valence-corrected chi connectivity index (χ2v) is 7.94. The predicted molar refractivity (Wildman–Crippen MR) is 127 cm³/mol. The van der Waals surface area contributed by atoms with Gasteiger partial charge in [0.1, 0.15) is 11.5 Å². The van der Waals surface area contributed by atoms with E-state index in [9.17, 15) is 19.8 Å². The minimum absolute atomic E-state index is 0.00914. The van der Waals surface area contributed by atoms with Gasteiger partial charge in [0, 0.05) is 30.2 Å². The largest absolute Gasteiger partial charge is 0.478 e. The van der Waals surface area contributed by atoms with Crippen molar-refractivity contribution in [1.29, 1.82) is 0 Å². The number of aliphatic hydroxyl groups excluding tert-OH is 1. The van der Waals surface area contributed by atoms with Crippen molar-refractivity contribution in [3.63, 3.8) is 0 Å². The Labute approximate surface area is 197 Å². The van der Waals surface area contributed by atoms with Crippen molar-refractivity contribution in [1.82, 2.24) is 5.32 Å². The molecule has 7 nitrogen and oxygen atoms in total. The van der Waals surface area contributed by atoms with Crippen molar-refractivity contribution < 1.29 is 24.5 Å². The summed E-state index contributed by atoms with van der Waals surface area (Å²) in [6.45, 7) is 2.38. The number of amides is 1. The molecular weight excluding hydrogens is 444 g/mol. The molecule has 0 saturated heterocycles. The Bertz CT molecular complexity index is 1140. The molecule has 1 atom stereocenters. The maximum Gasteiger partial charge on any atom is 0.335 e. The molecule has 0 saturated carbocycles. The van der Waals surface area contributed by atoms with E-state index in [1.165, 1.54) is 19.1 Å². The number of nitrogens with one attached hydrogen (secondary N) is 2. The van der Waals surface area contributed by atoms with E-state index in [1.54, 1.807) is 30.3 Å². The third-order valence-electron chi connectivity index (χ3n) is 4.77. The van der Waals surface area contributed by atoms with Crippen LogP contribution in [-0.2, 0) is 11.2 Å². The molecule has 3 aromatic carbocycles. The summed E-state index contributed by atoms with van der Waals surface area (Å²) < 4.78 is 5.86. The lowest BCUT2D eigenvalue weighted by atomic mass is 10.1. The number of rotatable bonds is 10. The quantitative estimate of drug-likeness (QED) is 0.322. The molecule has 1 amide bonds. The molecule has 0 fully saturated rings. The van der Waals surface area contributed by atoms with Gasteiger partial charge in [-0.05, 0) is 60.5 Å². The lowest BCUT2D eigenvalue weighted by Gasteiger charge is -2.13. The normalized spacial score (nSPS) is 11.6. The summed E-state index contributed by atoms with van der Waals surface area (Å²) in [5.41, 5.74) is 2.12. The van der Waals surface area contributed by atoms with Crippen LogP contribution in [0, 0.1) is 0 Å². The fourth-order valence-corrected chi connectivity index (χ4v) is 3.46. The first-order valence-electron chi connectivity index (χ1n) is 10.4. The molecule has 0 unspecified atom stereocenters. The SMILES string of the molecule is CC(=O)Nc1cc(Oc2cccc(CCNC[C@H](O)c3cccc(Cl)c3)c2)cc(C(=O)O)c1. The number of carboxylic acids is 1. The molecule has 33 heavy (non-hydrogen) atoms. The number of carbonyl (C=O) groups is 2. The van der Waals surface area contributed by atoms with Gasteiger partial charge < -0.3 is 25.6 Å². The maximum atomic E-state index is 11.4. The Morgan fingerprint density at radius 3 is 2.55 bits per heavy atom. The van der Waals surface area contributed by atoms with Crippen LogP contribution in [0.15, 0.2) is 66.7 Å². The Morgan fingerprint density at radius 1 is 1.03 bits per heavy atom. The zero-order valence-electron chi connectivity index (χ0n) is 18.0. The van der Waals surface area contributed by atoms with Crippen LogP contribution in [0.5, 0.6) is 11.5 Å². The zero-order chi connectivity index (χ0) is 23.8. The van der Waals surface area contributed by atoms with Crippen molar-refractivity contribution in [3.8, 4) is 11.5 Å². The average molecular weight is 469 g/mol. The van der Waals surface area contributed by atoms with Gasteiger partial charge in [-0.15, -0.1) is 0 Å². The highest BCUT2D eigenvalue weighted by atomic mass is 35.5. The average Bonchev–Trinajstić information content (AvgIpc) is 2.76. The Balaban J connectivity index is 1.59. The van der Waals surface area contributed by atoms with E-state index in [-0.39, 0.29) is 11.5 Å². The van der Waals surface area contributed by atoms with Crippen LogP contribution in [0.2, 0.25) is 5.02 Å². The second kappa shape index (κ2) is 11.5. The fraction of sp³-hybridized carbons (Fsp3) is 0.200. The minimum Gasteiger partial charge on any atom is -0.478 e. The van der Waals surface area contributed by atoms with Crippen molar-refractivity contribution in [3.05, 3.63) is 88.4 Å². The number of carbonyl (C=O) groups excluding carboxylic acids is 1. The van der Waals surface area contributed by atoms with E-state index in [2.05, 4.69) is 10.6 Å². The molecule has 0 bridgehead atoms. The predicted octanol–water partition coefficient (Wildman–Crippen LogP) is 4.65. The van der Waals surface area contributed by atoms with Crippen LogP contribution in [-0.4, -0.2) is 35.2 Å². The summed E-state index contributed by atoms with van der Waals surface area (Å²) >= 11 is 5.97. The van der Waals surface area contributed by atoms with Crippen molar-refractivity contribution in [2.45, 2.75) is 19.4 Å². The van der Waals surface area contributed by atoms with Crippen LogP contribution >= 0.6 is 11.6 Å². The van der Waals surface area contributed by atoms with Crippen LogP contribution in [0.1, 0.15) is 34.5 Å². The van der Waals surface area contributed by atoms with Gasteiger partial charge in [0.15, 0.2) is 0 Å². The molecule has 4 N–H and O–H groups in total. The summed E-state index contributed by atoms with van der Waals surface area (Å²) in [5, 5.41) is 26.0. The first kappa shape index (κ1) is 24.3.